The smallest absolute Gasteiger partial charge is 0.131 e. The van der Waals surface area contributed by atoms with Gasteiger partial charge in [-0.1, -0.05) is 39.1 Å². The minimum atomic E-state index is 0.428. The van der Waals surface area contributed by atoms with Gasteiger partial charge in [-0.05, 0) is 24.3 Å². The Morgan fingerprint density at radius 1 is 1.19 bits per heavy atom. The van der Waals surface area contributed by atoms with Crippen molar-refractivity contribution in [1.29, 1.82) is 0 Å². The Labute approximate surface area is 114 Å². The van der Waals surface area contributed by atoms with Gasteiger partial charge in [0.15, 0.2) is 0 Å². The maximum Gasteiger partial charge on any atom is 0.131 e. The Morgan fingerprint density at radius 2 is 2.00 bits per heavy atom. The molecule has 0 unspecified atom stereocenters. The van der Waals surface area contributed by atoms with Crippen LogP contribution in [0, 0.1) is 0 Å². The second-order valence-electron chi connectivity index (χ2n) is 3.35. The zero-order chi connectivity index (χ0) is 11.3. The molecule has 0 aliphatic heterocycles. The first-order chi connectivity index (χ1) is 7.65. The molecule has 3 aromatic rings. The topological polar surface area (TPSA) is 12.9 Å². The summed E-state index contributed by atoms with van der Waals surface area (Å²) in [6, 6.07) is 7.77. The SMILES string of the molecule is Clc1cc(Cl)c2sc3ccc(Br)cc3c2n1. The number of hydrogen-bond donors (Lipinski definition) is 0. The van der Waals surface area contributed by atoms with Gasteiger partial charge in [0.2, 0.25) is 0 Å². The number of halogens is 3. The number of hydrogen-bond acceptors (Lipinski definition) is 2. The van der Waals surface area contributed by atoms with Crippen LogP contribution in [0.1, 0.15) is 0 Å². The highest BCUT2D eigenvalue weighted by atomic mass is 79.9. The summed E-state index contributed by atoms with van der Waals surface area (Å²) < 4.78 is 3.17. The third kappa shape index (κ3) is 1.63. The molecule has 0 radical (unpaired) electrons. The van der Waals surface area contributed by atoms with E-state index in [2.05, 4.69) is 27.0 Å². The molecule has 0 saturated heterocycles. The molecule has 80 valence electrons. The molecule has 2 aromatic heterocycles. The summed E-state index contributed by atoms with van der Waals surface area (Å²) in [5.74, 6) is 0. The summed E-state index contributed by atoms with van der Waals surface area (Å²) in [6.07, 6.45) is 0. The summed E-state index contributed by atoms with van der Waals surface area (Å²) >= 11 is 17.1. The molecule has 3 rings (SSSR count). The molecule has 1 nitrogen and oxygen atoms in total. The van der Waals surface area contributed by atoms with Gasteiger partial charge in [0.05, 0.1) is 15.2 Å². The molecule has 0 bridgehead atoms. The normalized spacial score (nSPS) is 11.4. The number of benzene rings is 1. The van der Waals surface area contributed by atoms with Gasteiger partial charge < -0.3 is 0 Å². The summed E-state index contributed by atoms with van der Waals surface area (Å²) in [5.41, 5.74) is 0.874. The summed E-state index contributed by atoms with van der Waals surface area (Å²) in [6.45, 7) is 0. The fourth-order valence-electron chi connectivity index (χ4n) is 1.64. The molecule has 0 saturated carbocycles. The first-order valence-corrected chi connectivity index (χ1v) is 6.85. The van der Waals surface area contributed by atoms with Gasteiger partial charge in [0.25, 0.3) is 0 Å². The van der Waals surface area contributed by atoms with Crippen LogP contribution >= 0.6 is 50.5 Å². The van der Waals surface area contributed by atoms with Crippen LogP contribution in [0.2, 0.25) is 10.2 Å². The van der Waals surface area contributed by atoms with Crippen LogP contribution in [0.25, 0.3) is 20.3 Å². The number of fused-ring (bicyclic) bond motifs is 3. The maximum absolute atomic E-state index is 6.15. The molecular weight excluding hydrogens is 329 g/mol. The second-order valence-corrected chi connectivity index (χ2v) is 6.11. The lowest BCUT2D eigenvalue weighted by Gasteiger charge is -1.95. The van der Waals surface area contributed by atoms with Gasteiger partial charge in [0.1, 0.15) is 5.15 Å². The Bertz CT molecular complexity index is 708. The van der Waals surface area contributed by atoms with Gasteiger partial charge in [-0.15, -0.1) is 11.3 Å². The molecule has 0 N–H and O–H groups in total. The fourth-order valence-corrected chi connectivity index (χ4v) is 3.59. The van der Waals surface area contributed by atoms with Gasteiger partial charge in [0, 0.05) is 14.6 Å². The lowest BCUT2D eigenvalue weighted by molar-refractivity contribution is 1.43. The average molecular weight is 333 g/mol. The first-order valence-electron chi connectivity index (χ1n) is 4.49. The van der Waals surface area contributed by atoms with E-state index in [9.17, 15) is 0 Å². The first kappa shape index (κ1) is 10.8. The molecule has 0 amide bonds. The molecule has 0 aliphatic rings. The van der Waals surface area contributed by atoms with Crippen molar-refractivity contribution in [3.63, 3.8) is 0 Å². The van der Waals surface area contributed by atoms with E-state index in [0.29, 0.717) is 10.2 Å². The number of rotatable bonds is 0. The fraction of sp³-hybridized carbons (Fsp3) is 0. The predicted molar refractivity (Wildman–Crippen MR) is 74.8 cm³/mol. The predicted octanol–water partition coefficient (Wildman–Crippen LogP) is 5.52. The molecule has 0 aliphatic carbocycles. The molecular formula is C11H4BrCl2NS. The van der Waals surface area contributed by atoms with Gasteiger partial charge in [-0.25, -0.2) is 4.98 Å². The van der Waals surface area contributed by atoms with Crippen LogP contribution in [0.3, 0.4) is 0 Å². The van der Waals surface area contributed by atoms with Crippen molar-refractivity contribution in [2.24, 2.45) is 0 Å². The van der Waals surface area contributed by atoms with Crippen molar-refractivity contribution >= 4 is 70.8 Å². The monoisotopic (exact) mass is 331 g/mol. The molecule has 0 atom stereocenters. The van der Waals surface area contributed by atoms with Crippen LogP contribution in [0.5, 0.6) is 0 Å². The lowest BCUT2D eigenvalue weighted by Crippen LogP contribution is -1.76. The Kier molecular flexibility index (Phi) is 2.59. The van der Waals surface area contributed by atoms with E-state index in [1.54, 1.807) is 17.4 Å². The van der Waals surface area contributed by atoms with Crippen molar-refractivity contribution in [2.75, 3.05) is 0 Å². The van der Waals surface area contributed by atoms with Crippen LogP contribution in [0.4, 0.5) is 0 Å². The standard InChI is InChI=1S/C11H4BrCl2NS/c12-5-1-2-8-6(3-5)10-11(16-8)7(13)4-9(14)15-10/h1-4H. The van der Waals surface area contributed by atoms with E-state index in [1.165, 1.54) is 0 Å². The summed E-state index contributed by atoms with van der Waals surface area (Å²) in [7, 11) is 0. The molecule has 5 heteroatoms. The van der Waals surface area contributed by atoms with Crippen LogP contribution in [-0.4, -0.2) is 4.98 Å². The molecule has 1 aromatic carbocycles. The van der Waals surface area contributed by atoms with Gasteiger partial charge in [-0.3, -0.25) is 0 Å². The van der Waals surface area contributed by atoms with E-state index < -0.39 is 0 Å². The van der Waals surface area contributed by atoms with Crippen LogP contribution in [0.15, 0.2) is 28.7 Å². The third-order valence-electron chi connectivity index (χ3n) is 2.31. The Morgan fingerprint density at radius 3 is 2.81 bits per heavy atom. The lowest BCUT2D eigenvalue weighted by atomic mass is 10.2. The number of nitrogens with zero attached hydrogens (tertiary/aromatic N) is 1. The van der Waals surface area contributed by atoms with E-state index in [4.69, 9.17) is 23.2 Å². The Hall–Kier alpha value is -0.350. The number of thiophene rings is 1. The molecule has 0 fully saturated rings. The highest BCUT2D eigenvalue weighted by Gasteiger charge is 2.10. The van der Waals surface area contributed by atoms with E-state index >= 15 is 0 Å². The van der Waals surface area contributed by atoms with Gasteiger partial charge in [-0.2, -0.15) is 0 Å². The summed E-state index contributed by atoms with van der Waals surface area (Å²) in [5, 5.41) is 2.17. The quantitative estimate of drug-likeness (QED) is 0.494. The number of pyridine rings is 1. The van der Waals surface area contributed by atoms with E-state index in [-0.39, 0.29) is 0 Å². The van der Waals surface area contributed by atoms with Crippen molar-refractivity contribution < 1.29 is 0 Å². The maximum atomic E-state index is 6.15. The highest BCUT2D eigenvalue weighted by molar-refractivity contribution is 9.10. The molecule has 16 heavy (non-hydrogen) atoms. The van der Waals surface area contributed by atoms with Crippen molar-refractivity contribution in [1.82, 2.24) is 4.98 Å². The third-order valence-corrected chi connectivity index (χ3v) is 4.60. The minimum Gasteiger partial charge on any atom is -0.234 e. The minimum absolute atomic E-state index is 0.428. The molecule has 0 spiro atoms. The summed E-state index contributed by atoms with van der Waals surface area (Å²) in [4.78, 5) is 4.34. The number of aromatic nitrogens is 1. The van der Waals surface area contributed by atoms with Crippen molar-refractivity contribution in [3.05, 3.63) is 38.9 Å². The van der Waals surface area contributed by atoms with Crippen molar-refractivity contribution in [3.8, 4) is 0 Å². The average Bonchev–Trinajstić information content (AvgIpc) is 2.57. The largest absolute Gasteiger partial charge is 0.234 e. The van der Waals surface area contributed by atoms with Crippen LogP contribution in [-0.2, 0) is 0 Å². The molecule has 2 heterocycles. The highest BCUT2D eigenvalue weighted by Crippen LogP contribution is 2.38. The second kappa shape index (κ2) is 3.84. The van der Waals surface area contributed by atoms with Crippen LogP contribution < -0.4 is 0 Å². The van der Waals surface area contributed by atoms with Crippen molar-refractivity contribution in [2.45, 2.75) is 0 Å². The zero-order valence-corrected chi connectivity index (χ0v) is 11.7. The van der Waals surface area contributed by atoms with Gasteiger partial charge >= 0.3 is 0 Å². The Balaban J connectivity index is 2.57. The zero-order valence-electron chi connectivity index (χ0n) is 7.80. The van der Waals surface area contributed by atoms with E-state index in [1.807, 2.05) is 12.1 Å². The van der Waals surface area contributed by atoms with E-state index in [0.717, 1.165) is 24.8 Å².